The Morgan fingerprint density at radius 2 is 1.53 bits per heavy atom. The van der Waals surface area contributed by atoms with E-state index in [0.29, 0.717) is 0 Å². The summed E-state index contributed by atoms with van der Waals surface area (Å²) in [5, 5.41) is 3.22. The van der Waals surface area contributed by atoms with Gasteiger partial charge in [-0.15, -0.1) is 0 Å². The van der Waals surface area contributed by atoms with Gasteiger partial charge in [0, 0.05) is 11.1 Å². The predicted octanol–water partition coefficient (Wildman–Crippen LogP) is 5.52. The molecule has 30 heavy (non-hydrogen) atoms. The van der Waals surface area contributed by atoms with Crippen molar-refractivity contribution in [2.24, 2.45) is 5.41 Å². The Morgan fingerprint density at radius 3 is 2.17 bits per heavy atom. The second kappa shape index (κ2) is 5.90. The smallest absolute Gasteiger partial charge is 0.237 e. The first-order chi connectivity index (χ1) is 14.1. The molecule has 0 spiro atoms. The maximum Gasteiger partial charge on any atom is 0.237 e. The van der Waals surface area contributed by atoms with Gasteiger partial charge in [-0.3, -0.25) is 4.79 Å². The first kappa shape index (κ1) is 19.2. The molecule has 4 nitrogen and oxygen atoms in total. The molecular weight excluding hydrogens is 370 g/mol. The normalized spacial score (nSPS) is 26.1. The van der Waals surface area contributed by atoms with Crippen LogP contribution in [0.15, 0.2) is 36.4 Å². The molecule has 2 aromatic carbocycles. The van der Waals surface area contributed by atoms with E-state index in [4.69, 9.17) is 9.97 Å². The molecule has 1 heterocycles. The molecule has 0 radical (unpaired) electrons. The third kappa shape index (κ3) is 2.19. The fourth-order valence-corrected chi connectivity index (χ4v) is 5.82. The van der Waals surface area contributed by atoms with Crippen LogP contribution in [0.25, 0.3) is 11.0 Å². The number of nitrogens with zero attached hydrogens (tertiary/aromatic N) is 2. The quantitative estimate of drug-likeness (QED) is 0.617. The Bertz CT molecular complexity index is 1230. The van der Waals surface area contributed by atoms with Crippen LogP contribution in [0, 0.1) is 26.2 Å². The number of amides is 1. The monoisotopic (exact) mass is 399 g/mol. The highest BCUT2D eigenvalue weighted by Gasteiger charge is 2.73. The lowest BCUT2D eigenvalue weighted by Gasteiger charge is -2.39. The lowest BCUT2D eigenvalue weighted by molar-refractivity contribution is -0.125. The number of nitrogens with one attached hydrogen (secondary N) is 1. The number of hydrogen-bond acceptors (Lipinski definition) is 3. The Morgan fingerprint density at radius 1 is 0.900 bits per heavy atom. The molecule has 1 saturated carbocycles. The Kier molecular flexibility index (Phi) is 3.78. The van der Waals surface area contributed by atoms with E-state index in [0.717, 1.165) is 46.5 Å². The van der Waals surface area contributed by atoms with Crippen LogP contribution in [-0.2, 0) is 15.6 Å². The minimum absolute atomic E-state index is 0.0399. The summed E-state index contributed by atoms with van der Waals surface area (Å²) in [6, 6.07) is 12.2. The summed E-state index contributed by atoms with van der Waals surface area (Å²) >= 11 is 0. The molecule has 1 N–H and O–H groups in total. The maximum absolute atomic E-state index is 13.9. The van der Waals surface area contributed by atoms with Crippen LogP contribution < -0.4 is 5.32 Å². The van der Waals surface area contributed by atoms with Crippen molar-refractivity contribution in [3.63, 3.8) is 0 Å². The molecule has 2 unspecified atom stereocenters. The highest BCUT2D eigenvalue weighted by atomic mass is 16.2. The fourth-order valence-electron chi connectivity index (χ4n) is 5.82. The predicted molar refractivity (Wildman–Crippen MR) is 121 cm³/mol. The Labute approximate surface area is 178 Å². The van der Waals surface area contributed by atoms with Crippen LogP contribution >= 0.6 is 0 Å². The zero-order chi connectivity index (χ0) is 21.5. The van der Waals surface area contributed by atoms with Crippen LogP contribution in [0.1, 0.15) is 61.7 Å². The summed E-state index contributed by atoms with van der Waals surface area (Å²) in [5.41, 5.74) is 6.94. The molecular formula is C26H29N3O. The number of aromatic nitrogens is 2. The zero-order valence-electron chi connectivity index (χ0n) is 18.7. The van der Waals surface area contributed by atoms with Gasteiger partial charge in [-0.2, -0.15) is 0 Å². The number of carbonyl (C=O) groups excluding carboxylic acids is 1. The SMILES string of the molecule is Cc1cccc(NC(=O)C23CCC(C)(c4nc5cc(C)c(C)cc5nc42)C3(C)C)c1. The average Bonchev–Trinajstić information content (AvgIpc) is 2.97. The molecule has 2 aliphatic rings. The average molecular weight is 400 g/mol. The molecule has 2 aliphatic carbocycles. The number of carbonyl (C=O) groups is 1. The highest BCUT2D eigenvalue weighted by Crippen LogP contribution is 2.70. The van der Waals surface area contributed by atoms with E-state index in [1.807, 2.05) is 31.2 Å². The largest absolute Gasteiger partial charge is 0.325 e. The minimum atomic E-state index is -0.680. The second-order valence-electron chi connectivity index (χ2n) is 10.0. The molecule has 1 fully saturated rings. The van der Waals surface area contributed by atoms with Gasteiger partial charge in [0.05, 0.1) is 27.8 Å². The fraction of sp³-hybridized carbons (Fsp3) is 0.423. The standard InChI is InChI=1S/C26H29N3O/c1-15-8-7-9-18(12-15)27-23(30)26-11-10-25(6,24(26,4)5)21-22(26)29-20-14-17(3)16(2)13-19(20)28-21/h7-9,12-14H,10-11H2,1-6H3,(H,27,30). The Hall–Kier alpha value is -2.75. The lowest BCUT2D eigenvalue weighted by atomic mass is 9.63. The summed E-state index contributed by atoms with van der Waals surface area (Å²) in [7, 11) is 0. The summed E-state index contributed by atoms with van der Waals surface area (Å²) < 4.78 is 0. The van der Waals surface area contributed by atoms with Crippen molar-refractivity contribution in [1.82, 2.24) is 9.97 Å². The first-order valence-electron chi connectivity index (χ1n) is 10.8. The van der Waals surface area contributed by atoms with Crippen LogP contribution in [0.3, 0.4) is 0 Å². The number of benzene rings is 2. The number of anilines is 1. The molecule has 1 amide bonds. The molecule has 154 valence electrons. The zero-order valence-corrected chi connectivity index (χ0v) is 18.7. The summed E-state index contributed by atoms with van der Waals surface area (Å²) in [6.07, 6.45) is 1.74. The van der Waals surface area contributed by atoms with Gasteiger partial charge < -0.3 is 5.32 Å². The van der Waals surface area contributed by atoms with Gasteiger partial charge in [0.25, 0.3) is 0 Å². The van der Waals surface area contributed by atoms with Crippen molar-refractivity contribution in [3.05, 3.63) is 64.5 Å². The van der Waals surface area contributed by atoms with E-state index in [-0.39, 0.29) is 16.7 Å². The van der Waals surface area contributed by atoms with E-state index in [2.05, 4.69) is 52.1 Å². The van der Waals surface area contributed by atoms with E-state index in [9.17, 15) is 4.79 Å². The summed E-state index contributed by atoms with van der Waals surface area (Å²) in [5.74, 6) is 0.0399. The number of hydrogen-bond donors (Lipinski definition) is 1. The minimum Gasteiger partial charge on any atom is -0.325 e. The van der Waals surface area contributed by atoms with Crippen LogP contribution in [0.2, 0.25) is 0 Å². The number of rotatable bonds is 2. The first-order valence-corrected chi connectivity index (χ1v) is 10.8. The molecule has 3 aromatic rings. The molecule has 0 aliphatic heterocycles. The van der Waals surface area contributed by atoms with Gasteiger partial charge >= 0.3 is 0 Å². The molecule has 4 heteroatoms. The molecule has 5 rings (SSSR count). The molecule has 1 aromatic heterocycles. The second-order valence-corrected chi connectivity index (χ2v) is 10.0. The van der Waals surface area contributed by atoms with Gasteiger partial charge in [-0.25, -0.2) is 9.97 Å². The van der Waals surface area contributed by atoms with Crippen molar-refractivity contribution in [2.75, 3.05) is 5.32 Å². The third-order valence-corrected chi connectivity index (χ3v) is 8.32. The van der Waals surface area contributed by atoms with Gasteiger partial charge in [-0.1, -0.05) is 32.9 Å². The van der Waals surface area contributed by atoms with Crippen LogP contribution in [0.4, 0.5) is 5.69 Å². The van der Waals surface area contributed by atoms with Crippen LogP contribution in [-0.4, -0.2) is 15.9 Å². The van der Waals surface area contributed by atoms with E-state index >= 15 is 0 Å². The number of aryl methyl sites for hydroxylation is 3. The van der Waals surface area contributed by atoms with Gasteiger partial charge in [0.15, 0.2) is 0 Å². The molecule has 0 saturated heterocycles. The van der Waals surface area contributed by atoms with E-state index in [1.54, 1.807) is 0 Å². The van der Waals surface area contributed by atoms with Crippen LogP contribution in [0.5, 0.6) is 0 Å². The topological polar surface area (TPSA) is 54.9 Å². The maximum atomic E-state index is 13.9. The molecule has 2 bridgehead atoms. The van der Waals surface area contributed by atoms with Gasteiger partial charge in [-0.05, 0) is 80.0 Å². The van der Waals surface area contributed by atoms with Crippen molar-refractivity contribution in [1.29, 1.82) is 0 Å². The van der Waals surface area contributed by atoms with Crippen molar-refractivity contribution in [3.8, 4) is 0 Å². The van der Waals surface area contributed by atoms with E-state index in [1.165, 1.54) is 11.1 Å². The highest BCUT2D eigenvalue weighted by molar-refractivity contribution is 6.02. The lowest BCUT2D eigenvalue weighted by Crippen LogP contribution is -2.48. The summed E-state index contributed by atoms with van der Waals surface area (Å²) in [4.78, 5) is 24.1. The summed E-state index contributed by atoms with van der Waals surface area (Å²) in [6.45, 7) is 13.0. The van der Waals surface area contributed by atoms with Crippen molar-refractivity contribution >= 4 is 22.6 Å². The Balaban J connectivity index is 1.72. The van der Waals surface area contributed by atoms with Crippen molar-refractivity contribution < 1.29 is 4.79 Å². The van der Waals surface area contributed by atoms with Crippen molar-refractivity contribution in [2.45, 2.75) is 65.2 Å². The number of fused-ring (bicyclic) bond motifs is 6. The van der Waals surface area contributed by atoms with E-state index < -0.39 is 5.41 Å². The third-order valence-electron chi connectivity index (χ3n) is 8.32. The molecule has 2 atom stereocenters. The van der Waals surface area contributed by atoms with Gasteiger partial charge in [0.1, 0.15) is 0 Å². The van der Waals surface area contributed by atoms with Gasteiger partial charge in [0.2, 0.25) is 5.91 Å².